The number of carbonyl (C=O) groups excluding carboxylic acids is 1. The van der Waals surface area contributed by atoms with Crippen LogP contribution in [0.2, 0.25) is 0 Å². The Morgan fingerprint density at radius 2 is 1.65 bits per heavy atom. The van der Waals surface area contributed by atoms with Gasteiger partial charge < -0.3 is 10.2 Å². The average Bonchev–Trinajstić information content (AvgIpc) is 3.26. The fourth-order valence-electron chi connectivity index (χ4n) is 3.66. The summed E-state index contributed by atoms with van der Waals surface area (Å²) in [6, 6.07) is 15.4. The molecule has 1 aliphatic heterocycles. The lowest BCUT2D eigenvalue weighted by Crippen LogP contribution is -2.29. The summed E-state index contributed by atoms with van der Waals surface area (Å²) in [5.74, 6) is -0.199. The van der Waals surface area contributed by atoms with Crippen LogP contribution in [0.3, 0.4) is 0 Å². The minimum atomic E-state index is -0.199. The second kappa shape index (κ2) is 6.71. The maximum Gasteiger partial charge on any atom is 0.329 e. The van der Waals surface area contributed by atoms with Gasteiger partial charge in [-0.1, -0.05) is 24.3 Å². The number of aromatic nitrogens is 2. The zero-order chi connectivity index (χ0) is 18.1. The van der Waals surface area contributed by atoms with Crippen molar-refractivity contribution >= 4 is 28.3 Å². The van der Waals surface area contributed by atoms with E-state index >= 15 is 0 Å². The Hall–Kier alpha value is -3.02. The smallest absolute Gasteiger partial charge is 0.329 e. The van der Waals surface area contributed by atoms with Crippen molar-refractivity contribution in [3.05, 3.63) is 59.0 Å². The van der Waals surface area contributed by atoms with Crippen molar-refractivity contribution in [2.24, 2.45) is 7.05 Å². The summed E-state index contributed by atoms with van der Waals surface area (Å²) in [4.78, 5) is 27.4. The number of anilines is 2. The molecule has 134 valence electrons. The average molecular weight is 350 g/mol. The molecule has 4 rings (SSSR count). The zero-order valence-electron chi connectivity index (χ0n) is 14.8. The molecule has 26 heavy (non-hydrogen) atoms. The molecule has 1 fully saturated rings. The van der Waals surface area contributed by atoms with Gasteiger partial charge in [-0.2, -0.15) is 0 Å². The highest BCUT2D eigenvalue weighted by atomic mass is 16.2. The molecule has 1 saturated heterocycles. The normalized spacial score (nSPS) is 14.1. The van der Waals surface area contributed by atoms with Crippen LogP contribution in [0.15, 0.2) is 53.3 Å². The molecule has 1 aromatic heterocycles. The molecule has 0 unspecified atom stereocenters. The van der Waals surface area contributed by atoms with Gasteiger partial charge in [-0.25, -0.2) is 4.79 Å². The van der Waals surface area contributed by atoms with Gasteiger partial charge in [0.1, 0.15) is 6.54 Å². The van der Waals surface area contributed by atoms with E-state index in [1.54, 1.807) is 11.6 Å². The molecule has 1 N–H and O–H groups in total. The molecule has 2 aromatic carbocycles. The Bertz CT molecular complexity index is 1010. The number of aryl methyl sites for hydroxylation is 1. The number of hydrogen-bond donors (Lipinski definition) is 1. The van der Waals surface area contributed by atoms with Gasteiger partial charge in [-0.3, -0.25) is 13.9 Å². The molecule has 0 radical (unpaired) electrons. The van der Waals surface area contributed by atoms with Crippen LogP contribution in [0.5, 0.6) is 0 Å². The van der Waals surface area contributed by atoms with Crippen LogP contribution in [0, 0.1) is 0 Å². The SMILES string of the molecule is Cn1c(=O)n(CC(=O)Nc2ccccc2N2CCCC2)c2ccccc21. The minimum absolute atomic E-state index is 0.00544. The summed E-state index contributed by atoms with van der Waals surface area (Å²) >= 11 is 0. The molecule has 1 amide bonds. The third-order valence-corrected chi connectivity index (χ3v) is 4.98. The summed E-state index contributed by atoms with van der Waals surface area (Å²) in [7, 11) is 1.72. The summed E-state index contributed by atoms with van der Waals surface area (Å²) in [6.07, 6.45) is 2.35. The second-order valence-corrected chi connectivity index (χ2v) is 6.68. The first kappa shape index (κ1) is 16.4. The number of fused-ring (bicyclic) bond motifs is 1. The fourth-order valence-corrected chi connectivity index (χ4v) is 3.66. The van der Waals surface area contributed by atoms with E-state index in [4.69, 9.17) is 0 Å². The Morgan fingerprint density at radius 3 is 2.42 bits per heavy atom. The van der Waals surface area contributed by atoms with Crippen LogP contribution >= 0.6 is 0 Å². The first-order valence-electron chi connectivity index (χ1n) is 8.93. The van der Waals surface area contributed by atoms with E-state index in [1.165, 1.54) is 17.4 Å². The molecule has 0 atom stereocenters. The summed E-state index contributed by atoms with van der Waals surface area (Å²) in [5.41, 5.74) is 3.25. The predicted molar refractivity (Wildman–Crippen MR) is 104 cm³/mol. The molecule has 0 bridgehead atoms. The van der Waals surface area contributed by atoms with Crippen LogP contribution < -0.4 is 15.9 Å². The third kappa shape index (κ3) is 2.87. The standard InChI is InChI=1S/C20H22N4O2/c1-22-17-10-4-5-11-18(17)24(20(22)26)14-19(25)21-15-8-2-3-9-16(15)23-12-6-7-13-23/h2-5,8-11H,6-7,12-14H2,1H3,(H,21,25). The predicted octanol–water partition coefficient (Wildman–Crippen LogP) is 2.58. The fraction of sp³-hybridized carbons (Fsp3) is 0.300. The maximum absolute atomic E-state index is 12.7. The van der Waals surface area contributed by atoms with Gasteiger partial charge >= 0.3 is 5.69 Å². The van der Waals surface area contributed by atoms with Crippen molar-refractivity contribution in [2.45, 2.75) is 19.4 Å². The number of hydrogen-bond acceptors (Lipinski definition) is 3. The van der Waals surface area contributed by atoms with E-state index in [1.807, 2.05) is 48.5 Å². The van der Waals surface area contributed by atoms with Crippen LogP contribution in [0.1, 0.15) is 12.8 Å². The van der Waals surface area contributed by atoms with Crippen LogP contribution in [0.25, 0.3) is 11.0 Å². The molecule has 6 heteroatoms. The van der Waals surface area contributed by atoms with Crippen LogP contribution in [0.4, 0.5) is 11.4 Å². The van der Waals surface area contributed by atoms with Gasteiger partial charge in [0.25, 0.3) is 0 Å². The topological polar surface area (TPSA) is 59.3 Å². The molecule has 0 aliphatic carbocycles. The van der Waals surface area contributed by atoms with E-state index in [-0.39, 0.29) is 18.1 Å². The zero-order valence-corrected chi connectivity index (χ0v) is 14.8. The Labute approximate surface area is 151 Å². The summed E-state index contributed by atoms with van der Waals surface area (Å²) < 4.78 is 3.09. The lowest BCUT2D eigenvalue weighted by Gasteiger charge is -2.21. The first-order valence-corrected chi connectivity index (χ1v) is 8.93. The van der Waals surface area contributed by atoms with Gasteiger partial charge in [0, 0.05) is 20.1 Å². The monoisotopic (exact) mass is 350 g/mol. The van der Waals surface area contributed by atoms with Gasteiger partial charge in [-0.05, 0) is 37.1 Å². The highest BCUT2D eigenvalue weighted by Crippen LogP contribution is 2.28. The maximum atomic E-state index is 12.7. The van der Waals surface area contributed by atoms with Crippen LogP contribution in [-0.2, 0) is 18.4 Å². The second-order valence-electron chi connectivity index (χ2n) is 6.68. The molecule has 3 aromatic rings. The van der Waals surface area contributed by atoms with Gasteiger partial charge in [-0.15, -0.1) is 0 Å². The molecular formula is C20H22N4O2. The molecule has 1 aliphatic rings. The highest BCUT2D eigenvalue weighted by Gasteiger charge is 2.18. The quantitative estimate of drug-likeness (QED) is 0.787. The number of amides is 1. The van der Waals surface area contributed by atoms with E-state index in [0.29, 0.717) is 0 Å². The number of rotatable bonds is 4. The van der Waals surface area contributed by atoms with E-state index in [2.05, 4.69) is 10.2 Å². The first-order chi connectivity index (χ1) is 12.6. The van der Waals surface area contributed by atoms with Gasteiger partial charge in [0.05, 0.1) is 22.4 Å². The van der Waals surface area contributed by atoms with Crippen molar-refractivity contribution in [3.8, 4) is 0 Å². The third-order valence-electron chi connectivity index (χ3n) is 4.98. The molecule has 2 heterocycles. The van der Waals surface area contributed by atoms with Crippen LogP contribution in [-0.4, -0.2) is 28.1 Å². The lowest BCUT2D eigenvalue weighted by atomic mass is 10.2. The van der Waals surface area contributed by atoms with Crippen molar-refractivity contribution in [1.82, 2.24) is 9.13 Å². The number of imidazole rings is 1. The van der Waals surface area contributed by atoms with Crippen molar-refractivity contribution < 1.29 is 4.79 Å². The van der Waals surface area contributed by atoms with E-state index in [9.17, 15) is 9.59 Å². The number of benzene rings is 2. The van der Waals surface area contributed by atoms with Crippen molar-refractivity contribution in [3.63, 3.8) is 0 Å². The minimum Gasteiger partial charge on any atom is -0.370 e. The number of carbonyl (C=O) groups is 1. The molecule has 0 spiro atoms. The molecular weight excluding hydrogens is 328 g/mol. The van der Waals surface area contributed by atoms with Gasteiger partial charge in [0.15, 0.2) is 0 Å². The number of nitrogens with zero attached hydrogens (tertiary/aromatic N) is 3. The lowest BCUT2D eigenvalue weighted by molar-refractivity contribution is -0.116. The van der Waals surface area contributed by atoms with E-state index < -0.39 is 0 Å². The number of para-hydroxylation sites is 4. The van der Waals surface area contributed by atoms with Crippen molar-refractivity contribution in [1.29, 1.82) is 0 Å². The highest BCUT2D eigenvalue weighted by molar-refractivity contribution is 5.95. The van der Waals surface area contributed by atoms with Gasteiger partial charge in [0.2, 0.25) is 5.91 Å². The van der Waals surface area contributed by atoms with Crippen molar-refractivity contribution in [2.75, 3.05) is 23.3 Å². The Morgan fingerprint density at radius 1 is 1.00 bits per heavy atom. The Kier molecular flexibility index (Phi) is 4.24. The Balaban J connectivity index is 1.59. The summed E-state index contributed by atoms with van der Waals surface area (Å²) in [5, 5.41) is 2.99. The number of nitrogens with one attached hydrogen (secondary N) is 1. The molecule has 6 nitrogen and oxygen atoms in total. The van der Waals surface area contributed by atoms with E-state index in [0.717, 1.165) is 35.5 Å². The molecule has 0 saturated carbocycles. The largest absolute Gasteiger partial charge is 0.370 e. The summed E-state index contributed by atoms with van der Waals surface area (Å²) in [6.45, 7) is 2.01.